The molecule has 2 aromatic rings. The van der Waals surface area contributed by atoms with Crippen LogP contribution in [0.15, 0.2) is 42.6 Å². The van der Waals surface area contributed by atoms with E-state index in [1.54, 1.807) is 0 Å². The molecule has 0 aliphatic rings. The molecule has 21 heavy (non-hydrogen) atoms. The van der Waals surface area contributed by atoms with Gasteiger partial charge in [0.15, 0.2) is 0 Å². The van der Waals surface area contributed by atoms with E-state index in [1.165, 1.54) is 18.3 Å². The van der Waals surface area contributed by atoms with Crippen molar-refractivity contribution in [2.45, 2.75) is 19.9 Å². The van der Waals surface area contributed by atoms with Crippen LogP contribution in [-0.2, 0) is 13.0 Å². The first-order valence-electron chi connectivity index (χ1n) is 6.66. The third-order valence-corrected chi connectivity index (χ3v) is 3.19. The summed E-state index contributed by atoms with van der Waals surface area (Å²) in [5.41, 5.74) is 2.00. The summed E-state index contributed by atoms with van der Waals surface area (Å²) < 4.78 is 0. The van der Waals surface area contributed by atoms with E-state index >= 15 is 0 Å². The molecule has 0 radical (unpaired) electrons. The highest BCUT2D eigenvalue weighted by Crippen LogP contribution is 2.10. The summed E-state index contributed by atoms with van der Waals surface area (Å²) in [6.45, 7) is 2.39. The molecule has 2 rings (SSSR count). The summed E-state index contributed by atoms with van der Waals surface area (Å²) in [6, 6.07) is 10.7. The standard InChI is InChI=1S/C16H16N2O3/c1-2-11-6-3-4-7-12(11)10-18-15(19)14-13(16(20)21)8-5-9-17-14/h3-9H,2,10H2,1H3,(H,18,19)(H,20,21). The van der Waals surface area contributed by atoms with E-state index in [0.29, 0.717) is 6.54 Å². The van der Waals surface area contributed by atoms with Crippen molar-refractivity contribution in [3.63, 3.8) is 0 Å². The van der Waals surface area contributed by atoms with Gasteiger partial charge >= 0.3 is 5.97 Å². The Labute approximate surface area is 122 Å². The molecule has 1 aromatic heterocycles. The molecule has 0 spiro atoms. The number of hydrogen-bond donors (Lipinski definition) is 2. The molecule has 0 aliphatic carbocycles. The monoisotopic (exact) mass is 284 g/mol. The highest BCUT2D eigenvalue weighted by atomic mass is 16.4. The van der Waals surface area contributed by atoms with Crippen molar-refractivity contribution < 1.29 is 14.7 Å². The third-order valence-electron chi connectivity index (χ3n) is 3.19. The summed E-state index contributed by atoms with van der Waals surface area (Å²) >= 11 is 0. The van der Waals surface area contributed by atoms with E-state index in [9.17, 15) is 9.59 Å². The van der Waals surface area contributed by atoms with Crippen molar-refractivity contribution in [2.75, 3.05) is 0 Å². The maximum atomic E-state index is 12.1. The first-order valence-corrected chi connectivity index (χ1v) is 6.66. The van der Waals surface area contributed by atoms with E-state index in [4.69, 9.17) is 5.11 Å². The highest BCUT2D eigenvalue weighted by Gasteiger charge is 2.17. The molecule has 0 fully saturated rings. The fourth-order valence-corrected chi connectivity index (χ4v) is 2.09. The van der Waals surface area contributed by atoms with E-state index in [2.05, 4.69) is 10.3 Å². The molecule has 0 saturated carbocycles. The normalized spacial score (nSPS) is 10.1. The van der Waals surface area contributed by atoms with Crippen molar-refractivity contribution in [3.8, 4) is 0 Å². The number of rotatable bonds is 5. The van der Waals surface area contributed by atoms with Crippen molar-refractivity contribution in [1.29, 1.82) is 0 Å². The average molecular weight is 284 g/mol. The molecule has 108 valence electrons. The van der Waals surface area contributed by atoms with Gasteiger partial charge in [-0.1, -0.05) is 31.2 Å². The van der Waals surface area contributed by atoms with Crippen molar-refractivity contribution in [2.24, 2.45) is 0 Å². The number of nitrogens with one attached hydrogen (secondary N) is 1. The van der Waals surface area contributed by atoms with Crippen molar-refractivity contribution in [1.82, 2.24) is 10.3 Å². The van der Waals surface area contributed by atoms with Crippen LogP contribution >= 0.6 is 0 Å². The summed E-state index contributed by atoms with van der Waals surface area (Å²) in [5, 5.41) is 11.8. The predicted octanol–water partition coefficient (Wildman–Crippen LogP) is 2.27. The number of pyridine rings is 1. The van der Waals surface area contributed by atoms with Crippen LogP contribution in [-0.4, -0.2) is 22.0 Å². The van der Waals surface area contributed by atoms with Crippen LogP contribution in [0.1, 0.15) is 38.9 Å². The summed E-state index contributed by atoms with van der Waals surface area (Å²) in [6.07, 6.45) is 2.28. The molecule has 2 N–H and O–H groups in total. The molecule has 0 bridgehead atoms. The van der Waals surface area contributed by atoms with Crippen LogP contribution in [0.4, 0.5) is 0 Å². The van der Waals surface area contributed by atoms with Gasteiger partial charge in [0.25, 0.3) is 5.91 Å². The zero-order chi connectivity index (χ0) is 15.2. The van der Waals surface area contributed by atoms with Crippen LogP contribution in [0, 0.1) is 0 Å². The fraction of sp³-hybridized carbons (Fsp3) is 0.188. The lowest BCUT2D eigenvalue weighted by Gasteiger charge is -2.10. The molecule has 1 amide bonds. The zero-order valence-corrected chi connectivity index (χ0v) is 11.7. The molecule has 1 heterocycles. The van der Waals surface area contributed by atoms with Gasteiger partial charge in [0, 0.05) is 12.7 Å². The molecule has 0 atom stereocenters. The second kappa shape index (κ2) is 6.65. The fourth-order valence-electron chi connectivity index (χ4n) is 2.09. The Bertz CT molecular complexity index is 668. The Hall–Kier alpha value is -2.69. The molecule has 5 heteroatoms. The minimum atomic E-state index is -1.16. The van der Waals surface area contributed by atoms with Crippen LogP contribution in [0.25, 0.3) is 0 Å². The van der Waals surface area contributed by atoms with Crippen LogP contribution in [0.5, 0.6) is 0 Å². The van der Waals surface area contributed by atoms with E-state index < -0.39 is 11.9 Å². The number of hydrogen-bond acceptors (Lipinski definition) is 3. The Morgan fingerprint density at radius 3 is 2.52 bits per heavy atom. The number of nitrogens with zero attached hydrogens (tertiary/aromatic N) is 1. The summed E-state index contributed by atoms with van der Waals surface area (Å²) in [5.74, 6) is -1.65. The number of aryl methyl sites for hydroxylation is 1. The maximum Gasteiger partial charge on any atom is 0.338 e. The van der Waals surface area contributed by atoms with Gasteiger partial charge in [0.05, 0.1) is 5.56 Å². The quantitative estimate of drug-likeness (QED) is 0.882. The van der Waals surface area contributed by atoms with Gasteiger partial charge in [0.1, 0.15) is 5.69 Å². The molecular formula is C16H16N2O3. The minimum absolute atomic E-state index is 0.0704. The predicted molar refractivity (Wildman–Crippen MR) is 78.2 cm³/mol. The van der Waals surface area contributed by atoms with Gasteiger partial charge in [-0.05, 0) is 29.7 Å². The number of carboxylic acids is 1. The number of benzene rings is 1. The van der Waals surface area contributed by atoms with Crippen LogP contribution in [0.2, 0.25) is 0 Å². The number of amides is 1. The minimum Gasteiger partial charge on any atom is -0.478 e. The van der Waals surface area contributed by atoms with Crippen LogP contribution < -0.4 is 5.32 Å². The second-order valence-corrected chi connectivity index (χ2v) is 4.51. The lowest BCUT2D eigenvalue weighted by Crippen LogP contribution is -2.26. The van der Waals surface area contributed by atoms with Gasteiger partial charge in [-0.25, -0.2) is 4.79 Å². The van der Waals surface area contributed by atoms with E-state index in [1.807, 2.05) is 31.2 Å². The lowest BCUT2D eigenvalue weighted by molar-refractivity contribution is 0.0690. The summed E-state index contributed by atoms with van der Waals surface area (Å²) in [4.78, 5) is 27.0. The van der Waals surface area contributed by atoms with Gasteiger partial charge in [-0.3, -0.25) is 9.78 Å². The first kappa shape index (κ1) is 14.7. The smallest absolute Gasteiger partial charge is 0.338 e. The number of carboxylic acid groups (broad SMARTS) is 1. The average Bonchev–Trinajstić information content (AvgIpc) is 2.52. The van der Waals surface area contributed by atoms with Crippen molar-refractivity contribution in [3.05, 3.63) is 65.0 Å². The Kier molecular flexibility index (Phi) is 4.66. The Morgan fingerprint density at radius 1 is 1.14 bits per heavy atom. The highest BCUT2D eigenvalue weighted by molar-refractivity contribution is 6.03. The molecule has 0 aliphatic heterocycles. The largest absolute Gasteiger partial charge is 0.478 e. The van der Waals surface area contributed by atoms with Crippen LogP contribution in [0.3, 0.4) is 0 Å². The second-order valence-electron chi connectivity index (χ2n) is 4.51. The van der Waals surface area contributed by atoms with Gasteiger partial charge in [0.2, 0.25) is 0 Å². The van der Waals surface area contributed by atoms with Gasteiger partial charge < -0.3 is 10.4 Å². The number of carbonyl (C=O) groups is 2. The molecule has 5 nitrogen and oxygen atoms in total. The zero-order valence-electron chi connectivity index (χ0n) is 11.7. The van der Waals surface area contributed by atoms with Gasteiger partial charge in [-0.15, -0.1) is 0 Å². The van der Waals surface area contributed by atoms with Gasteiger partial charge in [-0.2, -0.15) is 0 Å². The topological polar surface area (TPSA) is 79.3 Å². The molecule has 0 unspecified atom stereocenters. The number of aromatic nitrogens is 1. The van der Waals surface area contributed by atoms with E-state index in [-0.39, 0.29) is 11.3 Å². The number of aromatic carboxylic acids is 1. The summed E-state index contributed by atoms with van der Waals surface area (Å²) in [7, 11) is 0. The first-order chi connectivity index (χ1) is 10.1. The maximum absolute atomic E-state index is 12.1. The Morgan fingerprint density at radius 2 is 1.86 bits per heavy atom. The SMILES string of the molecule is CCc1ccccc1CNC(=O)c1ncccc1C(=O)O. The van der Waals surface area contributed by atoms with E-state index in [0.717, 1.165) is 17.5 Å². The Balaban J connectivity index is 2.14. The van der Waals surface area contributed by atoms with Crippen molar-refractivity contribution >= 4 is 11.9 Å². The number of carbonyl (C=O) groups excluding carboxylic acids is 1. The third kappa shape index (κ3) is 3.45. The molecular weight excluding hydrogens is 268 g/mol. The lowest BCUT2D eigenvalue weighted by atomic mass is 10.1. The molecule has 1 aromatic carbocycles. The molecule has 0 saturated heterocycles.